The number of nitrogens with one attached hydrogen (secondary N) is 1. The van der Waals surface area contributed by atoms with Crippen molar-refractivity contribution >= 4 is 11.7 Å². The van der Waals surface area contributed by atoms with E-state index in [0.29, 0.717) is 30.3 Å². The number of carbonyl (C=O) groups is 1. The minimum absolute atomic E-state index is 0.262. The molecule has 0 unspecified atom stereocenters. The Hall–Kier alpha value is -2.34. The Morgan fingerprint density at radius 2 is 2.20 bits per heavy atom. The second kappa shape index (κ2) is 6.21. The highest BCUT2D eigenvalue weighted by atomic mass is 16.5. The lowest BCUT2D eigenvalue weighted by Crippen LogP contribution is -2.15. The molecule has 0 spiro atoms. The number of amides is 1. The topological polar surface area (TPSA) is 82.2 Å². The molecule has 6 heteroatoms. The van der Waals surface area contributed by atoms with Gasteiger partial charge < -0.3 is 15.8 Å². The van der Waals surface area contributed by atoms with Gasteiger partial charge in [-0.15, -0.1) is 0 Å². The molecule has 2 rings (SSSR count). The normalized spacial score (nSPS) is 10.3. The summed E-state index contributed by atoms with van der Waals surface area (Å²) in [7, 11) is 1.78. The molecule has 3 N–H and O–H groups in total. The highest BCUT2D eigenvalue weighted by Crippen LogP contribution is 2.20. The number of carbonyl (C=O) groups excluding carboxylic acids is 1. The quantitative estimate of drug-likeness (QED) is 0.866. The number of aromatic nitrogens is 2. The molecule has 0 aliphatic carbocycles. The van der Waals surface area contributed by atoms with E-state index in [-0.39, 0.29) is 5.91 Å². The molecule has 1 amide bonds. The molecular formula is C14H18N4O2. The van der Waals surface area contributed by atoms with Crippen LogP contribution >= 0.6 is 0 Å². The van der Waals surface area contributed by atoms with Gasteiger partial charge in [-0.05, 0) is 19.1 Å². The highest BCUT2D eigenvalue weighted by Gasteiger charge is 2.15. The van der Waals surface area contributed by atoms with Crippen LogP contribution in [0.3, 0.4) is 0 Å². The first-order valence-electron chi connectivity index (χ1n) is 6.41. The third-order valence-electron chi connectivity index (χ3n) is 2.79. The number of benzene rings is 1. The summed E-state index contributed by atoms with van der Waals surface area (Å²) < 4.78 is 7.06. The molecule has 6 nitrogen and oxygen atoms in total. The Bertz CT molecular complexity index is 607. The van der Waals surface area contributed by atoms with E-state index >= 15 is 0 Å². The third-order valence-corrected chi connectivity index (χ3v) is 2.79. The zero-order chi connectivity index (χ0) is 14.5. The molecular weight excluding hydrogens is 256 g/mol. The predicted octanol–water partition coefficient (Wildman–Crippen LogP) is 1.53. The maximum absolute atomic E-state index is 12.3. The maximum atomic E-state index is 12.3. The summed E-state index contributed by atoms with van der Waals surface area (Å²) in [5.41, 5.74) is 6.89. The molecule has 0 radical (unpaired) electrons. The molecule has 0 bridgehead atoms. The molecule has 106 valence electrons. The second-order valence-electron chi connectivity index (χ2n) is 4.26. The average molecular weight is 274 g/mol. The summed E-state index contributed by atoms with van der Waals surface area (Å²) in [5.74, 6) is 0.770. The Balaban J connectivity index is 2.23. The van der Waals surface area contributed by atoms with Gasteiger partial charge in [0.15, 0.2) is 5.82 Å². The molecule has 0 fully saturated rings. The average Bonchev–Trinajstić information content (AvgIpc) is 2.79. The van der Waals surface area contributed by atoms with E-state index in [0.717, 1.165) is 5.56 Å². The lowest BCUT2D eigenvalue weighted by atomic mass is 10.2. The molecule has 1 aromatic carbocycles. The van der Waals surface area contributed by atoms with E-state index in [1.165, 1.54) is 0 Å². The van der Waals surface area contributed by atoms with Crippen molar-refractivity contribution in [3.05, 3.63) is 41.6 Å². The molecule has 1 heterocycles. The van der Waals surface area contributed by atoms with Gasteiger partial charge in [-0.25, -0.2) is 0 Å². The largest absolute Gasteiger partial charge is 0.493 e. The van der Waals surface area contributed by atoms with Crippen LogP contribution in [-0.2, 0) is 13.6 Å². The van der Waals surface area contributed by atoms with Crippen molar-refractivity contribution in [1.82, 2.24) is 9.78 Å². The van der Waals surface area contributed by atoms with Crippen LogP contribution in [0.1, 0.15) is 22.8 Å². The first-order valence-corrected chi connectivity index (χ1v) is 6.41. The number of rotatable bonds is 5. The van der Waals surface area contributed by atoms with Crippen LogP contribution in [0, 0.1) is 0 Å². The van der Waals surface area contributed by atoms with Crippen molar-refractivity contribution in [2.75, 3.05) is 11.9 Å². The van der Waals surface area contributed by atoms with Gasteiger partial charge >= 0.3 is 0 Å². The summed E-state index contributed by atoms with van der Waals surface area (Å²) >= 11 is 0. The number of ether oxygens (including phenoxy) is 1. The number of hydrogen-bond donors (Lipinski definition) is 2. The number of para-hydroxylation sites is 1. The molecule has 0 atom stereocenters. The van der Waals surface area contributed by atoms with Gasteiger partial charge in [0.2, 0.25) is 0 Å². The first-order chi connectivity index (χ1) is 9.65. The van der Waals surface area contributed by atoms with Crippen molar-refractivity contribution in [1.29, 1.82) is 0 Å². The minimum atomic E-state index is -0.262. The monoisotopic (exact) mass is 274 g/mol. The number of hydrogen-bond acceptors (Lipinski definition) is 4. The fraction of sp³-hybridized carbons (Fsp3) is 0.286. The summed E-state index contributed by atoms with van der Waals surface area (Å²) in [6.07, 6.45) is 1.78. The van der Waals surface area contributed by atoms with Crippen LogP contribution in [0.25, 0.3) is 0 Å². The smallest absolute Gasteiger partial charge is 0.260 e. The Morgan fingerprint density at radius 1 is 1.45 bits per heavy atom. The van der Waals surface area contributed by atoms with E-state index in [4.69, 9.17) is 10.5 Å². The maximum Gasteiger partial charge on any atom is 0.260 e. The standard InChI is InChI=1S/C14H18N4O2/c1-3-20-12-7-5-4-6-11(12)14(19)16-13-10(8-15)9-18(2)17-13/h4-7,9H,3,8,15H2,1-2H3,(H,16,17,19). The molecule has 2 aromatic rings. The van der Waals surface area contributed by atoms with Gasteiger partial charge in [-0.3, -0.25) is 9.48 Å². The van der Waals surface area contributed by atoms with E-state index in [9.17, 15) is 4.79 Å². The number of nitrogens with two attached hydrogens (primary N) is 1. The van der Waals surface area contributed by atoms with Gasteiger partial charge in [0.05, 0.1) is 12.2 Å². The van der Waals surface area contributed by atoms with E-state index < -0.39 is 0 Å². The molecule has 0 saturated carbocycles. The van der Waals surface area contributed by atoms with Crippen LogP contribution < -0.4 is 15.8 Å². The lowest BCUT2D eigenvalue weighted by molar-refractivity contribution is 0.102. The number of aryl methyl sites for hydroxylation is 1. The molecule has 20 heavy (non-hydrogen) atoms. The highest BCUT2D eigenvalue weighted by molar-refractivity contribution is 6.06. The van der Waals surface area contributed by atoms with E-state index in [2.05, 4.69) is 10.4 Å². The minimum Gasteiger partial charge on any atom is -0.493 e. The first kappa shape index (κ1) is 14.1. The number of anilines is 1. The zero-order valence-corrected chi connectivity index (χ0v) is 11.6. The second-order valence-corrected chi connectivity index (χ2v) is 4.26. The Morgan fingerprint density at radius 3 is 2.90 bits per heavy atom. The Kier molecular flexibility index (Phi) is 4.37. The van der Waals surface area contributed by atoms with Gasteiger partial charge in [-0.1, -0.05) is 12.1 Å². The van der Waals surface area contributed by atoms with E-state index in [1.54, 1.807) is 36.1 Å². The molecule has 0 saturated heterocycles. The van der Waals surface area contributed by atoms with E-state index in [1.807, 2.05) is 13.0 Å². The summed E-state index contributed by atoms with van der Waals surface area (Å²) in [5, 5.41) is 6.95. The zero-order valence-electron chi connectivity index (χ0n) is 11.6. The summed E-state index contributed by atoms with van der Waals surface area (Å²) in [6.45, 7) is 2.69. The Labute approximate surface area is 117 Å². The van der Waals surface area contributed by atoms with Crippen molar-refractivity contribution in [3.63, 3.8) is 0 Å². The fourth-order valence-corrected chi connectivity index (χ4v) is 1.90. The SMILES string of the molecule is CCOc1ccccc1C(=O)Nc1nn(C)cc1CN. The van der Waals surface area contributed by atoms with Crippen molar-refractivity contribution < 1.29 is 9.53 Å². The van der Waals surface area contributed by atoms with Crippen LogP contribution in [-0.4, -0.2) is 22.3 Å². The van der Waals surface area contributed by atoms with Gasteiger partial charge in [0.25, 0.3) is 5.91 Å². The predicted molar refractivity (Wildman–Crippen MR) is 76.7 cm³/mol. The van der Waals surface area contributed by atoms with Gasteiger partial charge in [0.1, 0.15) is 5.75 Å². The fourth-order valence-electron chi connectivity index (χ4n) is 1.90. The van der Waals surface area contributed by atoms with Crippen LogP contribution in [0.15, 0.2) is 30.5 Å². The van der Waals surface area contributed by atoms with Gasteiger partial charge in [0, 0.05) is 25.4 Å². The lowest BCUT2D eigenvalue weighted by Gasteiger charge is -2.09. The summed E-state index contributed by atoms with van der Waals surface area (Å²) in [4.78, 5) is 12.3. The van der Waals surface area contributed by atoms with Crippen molar-refractivity contribution in [3.8, 4) is 5.75 Å². The van der Waals surface area contributed by atoms with Crippen molar-refractivity contribution in [2.45, 2.75) is 13.5 Å². The third kappa shape index (κ3) is 2.97. The van der Waals surface area contributed by atoms with Crippen LogP contribution in [0.5, 0.6) is 5.75 Å². The van der Waals surface area contributed by atoms with Crippen molar-refractivity contribution in [2.24, 2.45) is 12.8 Å². The molecule has 1 aromatic heterocycles. The van der Waals surface area contributed by atoms with Crippen LogP contribution in [0.2, 0.25) is 0 Å². The molecule has 0 aliphatic rings. The van der Waals surface area contributed by atoms with Gasteiger partial charge in [-0.2, -0.15) is 5.10 Å². The molecule has 0 aliphatic heterocycles. The summed E-state index contributed by atoms with van der Waals surface area (Å²) in [6, 6.07) is 7.10. The number of nitrogens with zero attached hydrogens (tertiary/aromatic N) is 2. The van der Waals surface area contributed by atoms with Crippen LogP contribution in [0.4, 0.5) is 5.82 Å².